The second-order valence-corrected chi connectivity index (χ2v) is 2.77. The van der Waals surface area contributed by atoms with E-state index in [1.807, 2.05) is 0 Å². The molecule has 0 aliphatic heterocycles. The van der Waals surface area contributed by atoms with Crippen molar-refractivity contribution in [2.75, 3.05) is 0 Å². The van der Waals surface area contributed by atoms with Crippen LogP contribution in [0.5, 0.6) is 0 Å². The van der Waals surface area contributed by atoms with Gasteiger partial charge in [0.15, 0.2) is 0 Å². The maximum Gasteiger partial charge on any atom is 0.272 e. The van der Waals surface area contributed by atoms with Gasteiger partial charge in [0, 0.05) is 0 Å². The molecule has 2 N–H and O–H groups in total. The van der Waals surface area contributed by atoms with Crippen molar-refractivity contribution < 1.29 is 0 Å². The van der Waals surface area contributed by atoms with E-state index >= 15 is 0 Å². The molecule has 1 aromatic carbocycles. The summed E-state index contributed by atoms with van der Waals surface area (Å²) in [7, 11) is 0. The van der Waals surface area contributed by atoms with Gasteiger partial charge < -0.3 is 0 Å². The zero-order valence-corrected chi connectivity index (χ0v) is 7.20. The minimum absolute atomic E-state index is 0.270. The van der Waals surface area contributed by atoms with E-state index in [-0.39, 0.29) is 16.5 Å². The summed E-state index contributed by atoms with van der Waals surface area (Å²) in [6.45, 7) is 3.34. The number of H-pyrrole nitrogens is 2. The number of fused-ring (bicyclic) bond motifs is 1. The summed E-state index contributed by atoms with van der Waals surface area (Å²) in [6.07, 6.45) is 0. The van der Waals surface area contributed by atoms with Gasteiger partial charge in [0.25, 0.3) is 11.1 Å². The summed E-state index contributed by atoms with van der Waals surface area (Å²) < 4.78 is 0. The Kier molecular flexibility index (Phi) is 1.78. The van der Waals surface area contributed by atoms with E-state index < -0.39 is 0 Å². The first-order valence-corrected chi connectivity index (χ1v) is 3.94. The van der Waals surface area contributed by atoms with E-state index in [0.717, 1.165) is 0 Å². The van der Waals surface area contributed by atoms with Crippen LogP contribution >= 0.6 is 0 Å². The van der Waals surface area contributed by atoms with Gasteiger partial charge in [-0.15, -0.1) is 0 Å². The largest absolute Gasteiger partial charge is 0.272 e. The fraction of sp³-hybridized carbons (Fsp3) is 0. The van der Waals surface area contributed by atoms with Crippen molar-refractivity contribution in [3.05, 3.63) is 38.9 Å². The fourth-order valence-electron chi connectivity index (χ4n) is 1.34. The molecule has 0 bridgehead atoms. The summed E-state index contributed by atoms with van der Waals surface area (Å²) in [5.41, 5.74) is -0.303. The molecule has 1 heterocycles. The molecule has 2 aromatic rings. The first-order valence-electron chi connectivity index (χ1n) is 3.94. The van der Waals surface area contributed by atoms with E-state index in [1.165, 1.54) is 0 Å². The summed E-state index contributed by atoms with van der Waals surface area (Å²) in [5.74, 6) is 0. The van der Waals surface area contributed by atoms with Crippen molar-refractivity contribution in [3.8, 4) is 0 Å². The third kappa shape index (κ3) is 1.06. The number of hydrogen-bond acceptors (Lipinski definition) is 3. The van der Waals surface area contributed by atoms with Crippen LogP contribution in [0.2, 0.25) is 0 Å². The minimum Gasteiger partial charge on any atom is -0.267 e. The highest BCUT2D eigenvalue weighted by molar-refractivity contribution is 5.91. The molecule has 0 atom stereocenters. The number of aromatic amines is 2. The maximum atomic E-state index is 11.4. The van der Waals surface area contributed by atoms with Crippen molar-refractivity contribution in [1.29, 1.82) is 0 Å². The molecule has 70 valence electrons. The normalized spacial score (nSPS) is 10.3. The first-order chi connectivity index (χ1) is 6.74. The second-order valence-electron chi connectivity index (χ2n) is 2.77. The predicted octanol–water partition coefficient (Wildman–Crippen LogP) is 0.548. The third-order valence-corrected chi connectivity index (χ3v) is 1.97. The summed E-state index contributed by atoms with van der Waals surface area (Å²) in [6, 6.07) is 4.85. The van der Waals surface area contributed by atoms with E-state index in [9.17, 15) is 9.59 Å². The standard InChI is InChI=1S/C9H7N3O2/c1-10-6-4-2-3-5-7(6)9(14)12-11-8(5)13/h2-4H,1H2,(H,11,13)(H,12,14). The SMILES string of the molecule is C=Nc1cccc2c(=O)[nH][nH]c(=O)c12. The first kappa shape index (κ1) is 8.43. The molecule has 0 spiro atoms. The van der Waals surface area contributed by atoms with Gasteiger partial charge in [-0.05, 0) is 18.9 Å². The third-order valence-electron chi connectivity index (χ3n) is 1.97. The molecule has 5 heteroatoms. The summed E-state index contributed by atoms with van der Waals surface area (Å²) in [5, 5.41) is 5.06. The van der Waals surface area contributed by atoms with Gasteiger partial charge in [0.05, 0.1) is 16.5 Å². The zero-order chi connectivity index (χ0) is 10.1. The molecule has 1 aromatic heterocycles. The van der Waals surface area contributed by atoms with Crippen LogP contribution in [0.25, 0.3) is 10.8 Å². The Hall–Kier alpha value is -2.17. The highest BCUT2D eigenvalue weighted by Gasteiger charge is 2.05. The Bertz CT molecular complexity index is 609. The minimum atomic E-state index is -0.373. The van der Waals surface area contributed by atoms with E-state index in [0.29, 0.717) is 11.1 Å². The molecule has 0 radical (unpaired) electrons. The van der Waals surface area contributed by atoms with Gasteiger partial charge in [0.1, 0.15) is 0 Å². The average Bonchev–Trinajstić information content (AvgIpc) is 2.23. The predicted molar refractivity (Wildman–Crippen MR) is 54.4 cm³/mol. The number of rotatable bonds is 1. The quantitative estimate of drug-likeness (QED) is 0.642. The molecule has 0 aliphatic rings. The molecule has 0 aliphatic carbocycles. The zero-order valence-electron chi connectivity index (χ0n) is 7.20. The summed E-state index contributed by atoms with van der Waals surface area (Å²) in [4.78, 5) is 26.4. The molecule has 0 amide bonds. The molecule has 2 rings (SSSR count). The van der Waals surface area contributed by atoms with Gasteiger partial charge in [-0.2, -0.15) is 0 Å². The van der Waals surface area contributed by atoms with Crippen LogP contribution in [0.3, 0.4) is 0 Å². The summed E-state index contributed by atoms with van der Waals surface area (Å²) >= 11 is 0. The maximum absolute atomic E-state index is 11.4. The fourth-order valence-corrected chi connectivity index (χ4v) is 1.34. The lowest BCUT2D eigenvalue weighted by Crippen LogP contribution is -2.18. The lowest BCUT2D eigenvalue weighted by molar-refractivity contribution is 0.976. The van der Waals surface area contributed by atoms with Crippen LogP contribution in [-0.2, 0) is 0 Å². The lowest BCUT2D eigenvalue weighted by atomic mass is 10.1. The van der Waals surface area contributed by atoms with Crippen LogP contribution in [0.1, 0.15) is 0 Å². The van der Waals surface area contributed by atoms with Crippen LogP contribution in [0, 0.1) is 0 Å². The molecule has 5 nitrogen and oxygen atoms in total. The Morgan fingerprint density at radius 2 is 1.86 bits per heavy atom. The Morgan fingerprint density at radius 1 is 1.14 bits per heavy atom. The van der Waals surface area contributed by atoms with Crippen molar-refractivity contribution in [2.24, 2.45) is 4.99 Å². The molecular weight excluding hydrogens is 182 g/mol. The number of aliphatic imine (C=N–C) groups is 1. The number of nitrogens with zero attached hydrogens (tertiary/aromatic N) is 1. The number of aromatic nitrogens is 2. The topological polar surface area (TPSA) is 78.1 Å². The van der Waals surface area contributed by atoms with Crippen LogP contribution in [-0.4, -0.2) is 16.9 Å². The van der Waals surface area contributed by atoms with Crippen molar-refractivity contribution >= 4 is 23.2 Å². The number of hydrogen-bond donors (Lipinski definition) is 2. The molecule has 14 heavy (non-hydrogen) atoms. The van der Waals surface area contributed by atoms with E-state index in [2.05, 4.69) is 21.9 Å². The lowest BCUT2D eigenvalue weighted by Gasteiger charge is -1.98. The highest BCUT2D eigenvalue weighted by Crippen LogP contribution is 2.18. The molecular formula is C9H7N3O2. The number of benzene rings is 1. The van der Waals surface area contributed by atoms with E-state index in [4.69, 9.17) is 0 Å². The van der Waals surface area contributed by atoms with Gasteiger partial charge in [-0.25, -0.2) is 0 Å². The molecule has 0 saturated carbocycles. The Labute approximate surface area is 78.1 Å². The van der Waals surface area contributed by atoms with E-state index in [1.54, 1.807) is 18.2 Å². The molecule has 0 unspecified atom stereocenters. The number of nitrogens with one attached hydrogen (secondary N) is 2. The average molecular weight is 189 g/mol. The van der Waals surface area contributed by atoms with Crippen LogP contribution in [0.15, 0.2) is 32.8 Å². The van der Waals surface area contributed by atoms with Gasteiger partial charge in [0.2, 0.25) is 0 Å². The van der Waals surface area contributed by atoms with Gasteiger partial charge in [-0.3, -0.25) is 24.8 Å². The molecule has 0 saturated heterocycles. The Morgan fingerprint density at radius 3 is 2.57 bits per heavy atom. The highest BCUT2D eigenvalue weighted by atomic mass is 16.1. The van der Waals surface area contributed by atoms with Gasteiger partial charge >= 0.3 is 0 Å². The van der Waals surface area contributed by atoms with Gasteiger partial charge in [-0.1, -0.05) is 6.07 Å². The van der Waals surface area contributed by atoms with Crippen molar-refractivity contribution in [1.82, 2.24) is 10.2 Å². The van der Waals surface area contributed by atoms with Crippen LogP contribution < -0.4 is 11.1 Å². The van der Waals surface area contributed by atoms with Crippen molar-refractivity contribution in [2.45, 2.75) is 0 Å². The van der Waals surface area contributed by atoms with Crippen molar-refractivity contribution in [3.63, 3.8) is 0 Å². The monoisotopic (exact) mass is 189 g/mol. The second kappa shape index (κ2) is 2.95. The van der Waals surface area contributed by atoms with Crippen LogP contribution in [0.4, 0.5) is 5.69 Å². The Balaban J connectivity index is 3.15. The molecule has 0 fully saturated rings. The smallest absolute Gasteiger partial charge is 0.267 e.